The van der Waals surface area contributed by atoms with Crippen molar-refractivity contribution in [3.8, 4) is 11.8 Å². The summed E-state index contributed by atoms with van der Waals surface area (Å²) in [5, 5.41) is 20.3. The molecule has 3 saturated carbocycles. The molecular formula is C30H36N2O3. The van der Waals surface area contributed by atoms with Crippen molar-refractivity contribution in [1.29, 1.82) is 5.26 Å². The van der Waals surface area contributed by atoms with Crippen LogP contribution in [0.4, 0.5) is 0 Å². The van der Waals surface area contributed by atoms with Crippen molar-refractivity contribution in [3.63, 3.8) is 0 Å². The highest BCUT2D eigenvalue weighted by Crippen LogP contribution is 2.67. The topological polar surface area (TPSA) is 96.3 Å². The predicted octanol–water partition coefficient (Wildman–Crippen LogP) is 5.32. The molecule has 1 amide bonds. The summed E-state index contributed by atoms with van der Waals surface area (Å²) in [7, 11) is 1.65. The van der Waals surface area contributed by atoms with Gasteiger partial charge in [-0.1, -0.05) is 43.7 Å². The van der Waals surface area contributed by atoms with Crippen LogP contribution in [0.15, 0.2) is 52.6 Å². The Morgan fingerprint density at radius 3 is 2.69 bits per heavy atom. The van der Waals surface area contributed by atoms with Crippen molar-refractivity contribution in [3.05, 3.63) is 58.2 Å². The third-order valence-electron chi connectivity index (χ3n) is 9.84. The molecule has 4 aliphatic rings. The highest BCUT2D eigenvalue weighted by molar-refractivity contribution is 5.98. The quantitative estimate of drug-likeness (QED) is 0.354. The summed E-state index contributed by atoms with van der Waals surface area (Å²) in [6.07, 6.45) is 10.9. The van der Waals surface area contributed by atoms with Crippen LogP contribution in [0.2, 0.25) is 0 Å². The molecule has 35 heavy (non-hydrogen) atoms. The van der Waals surface area contributed by atoms with Crippen LogP contribution < -0.4 is 10.5 Å². The number of carbonyl (C=O) groups excluding carboxylic acids is 1. The number of methoxy groups -OCH3 is 1. The average Bonchev–Trinajstić information content (AvgIpc) is 3.12. The molecule has 0 radical (unpaired) electrons. The minimum atomic E-state index is -0.637. The van der Waals surface area contributed by atoms with Crippen molar-refractivity contribution in [2.24, 2.45) is 34.3 Å². The number of nitrogens with two attached hydrogens (primary N) is 1. The van der Waals surface area contributed by atoms with E-state index in [1.54, 1.807) is 7.11 Å². The van der Waals surface area contributed by atoms with Gasteiger partial charge in [-0.2, -0.15) is 5.26 Å². The van der Waals surface area contributed by atoms with Gasteiger partial charge in [0.05, 0.1) is 13.2 Å². The van der Waals surface area contributed by atoms with Crippen molar-refractivity contribution < 1.29 is 14.6 Å². The van der Waals surface area contributed by atoms with Crippen molar-refractivity contribution in [2.75, 3.05) is 7.11 Å². The first-order valence-corrected chi connectivity index (χ1v) is 12.9. The normalized spacial score (nSPS) is 38.5. The lowest BCUT2D eigenvalue weighted by Crippen LogP contribution is -2.49. The number of aliphatic hydroxyl groups excluding tert-OH is 1. The van der Waals surface area contributed by atoms with E-state index in [-0.39, 0.29) is 22.5 Å². The van der Waals surface area contributed by atoms with E-state index < -0.39 is 5.91 Å². The molecular weight excluding hydrogens is 436 g/mol. The zero-order valence-corrected chi connectivity index (χ0v) is 21.0. The van der Waals surface area contributed by atoms with Gasteiger partial charge in [0, 0.05) is 0 Å². The molecule has 0 aliphatic heterocycles. The lowest BCUT2D eigenvalue weighted by Gasteiger charge is -2.57. The smallest absolute Gasteiger partial charge is 0.259 e. The van der Waals surface area contributed by atoms with Gasteiger partial charge in [0.25, 0.3) is 5.91 Å². The largest absolute Gasteiger partial charge is 0.497 e. The van der Waals surface area contributed by atoms with E-state index in [0.29, 0.717) is 17.8 Å². The van der Waals surface area contributed by atoms with Gasteiger partial charge in [-0.3, -0.25) is 4.79 Å². The number of ether oxygens (including phenoxy) is 1. The Kier molecular flexibility index (Phi) is 5.92. The highest BCUT2D eigenvalue weighted by Gasteiger charge is 2.59. The Balaban J connectivity index is 1.61. The second-order valence-corrected chi connectivity index (χ2v) is 11.5. The summed E-state index contributed by atoms with van der Waals surface area (Å²) in [5.74, 6) is 1.53. The van der Waals surface area contributed by atoms with Crippen molar-refractivity contribution >= 4 is 12.0 Å². The molecule has 0 heterocycles. The molecule has 5 nitrogen and oxygen atoms in total. The summed E-state index contributed by atoms with van der Waals surface area (Å²) in [4.78, 5) is 12.4. The molecule has 0 saturated heterocycles. The van der Waals surface area contributed by atoms with Gasteiger partial charge in [-0.05, 0) is 102 Å². The second-order valence-electron chi connectivity index (χ2n) is 11.5. The van der Waals surface area contributed by atoms with Crippen LogP contribution in [0.25, 0.3) is 6.08 Å². The monoisotopic (exact) mass is 472 g/mol. The van der Waals surface area contributed by atoms with E-state index in [4.69, 9.17) is 10.5 Å². The molecule has 0 spiro atoms. The molecule has 184 valence electrons. The number of carbonyl (C=O) groups is 1. The van der Waals surface area contributed by atoms with Crippen molar-refractivity contribution in [2.45, 2.75) is 64.9 Å². The zero-order valence-electron chi connectivity index (χ0n) is 21.0. The molecule has 0 unspecified atom stereocenters. The fourth-order valence-corrected chi connectivity index (χ4v) is 8.10. The summed E-state index contributed by atoms with van der Waals surface area (Å²) in [6.45, 7) is 4.66. The van der Waals surface area contributed by atoms with Crippen LogP contribution >= 0.6 is 0 Å². The van der Waals surface area contributed by atoms with Gasteiger partial charge < -0.3 is 15.6 Å². The van der Waals surface area contributed by atoms with Gasteiger partial charge >= 0.3 is 0 Å². The molecule has 1 aromatic rings. The number of primary amides is 1. The second kappa shape index (κ2) is 8.68. The summed E-state index contributed by atoms with van der Waals surface area (Å²) in [6, 6.07) is 10.1. The lowest BCUT2D eigenvalue weighted by molar-refractivity contribution is -0.114. The van der Waals surface area contributed by atoms with Crippen LogP contribution in [0.5, 0.6) is 5.75 Å². The van der Waals surface area contributed by atoms with Crippen LogP contribution in [0.1, 0.15) is 64.4 Å². The Bertz CT molecular complexity index is 1190. The Hall–Kier alpha value is -2.84. The molecule has 5 rings (SSSR count). The Labute approximate surface area is 208 Å². The average molecular weight is 473 g/mol. The predicted molar refractivity (Wildman–Crippen MR) is 136 cm³/mol. The molecule has 5 heteroatoms. The zero-order chi connectivity index (χ0) is 25.0. The molecule has 3 fully saturated rings. The first-order valence-electron chi connectivity index (χ1n) is 12.9. The summed E-state index contributed by atoms with van der Waals surface area (Å²) >= 11 is 0. The SMILES string of the molecule is COc1cccc(/C=C2\C[C@H]3[C@@H]4CC=C5C[C@@H](O)CC[C@]5(C)[C@H]4CC[C@]3(C)\C2=C(/C#N)C(N)=O)c1. The number of hydrogen-bond donors (Lipinski definition) is 2. The van der Waals surface area contributed by atoms with E-state index >= 15 is 0 Å². The van der Waals surface area contributed by atoms with Crippen LogP contribution in [0.3, 0.4) is 0 Å². The minimum Gasteiger partial charge on any atom is -0.497 e. The standard InChI is InChI=1S/C30H36N2O3/c1-29-11-9-21(33)16-20(29)7-8-23-25(29)10-12-30(2)26(23)15-19(27(30)24(17-31)28(32)34)13-18-5-4-6-22(14-18)35-3/h4-7,13-14,21,23,25-26,33H,8-12,15-16H2,1-3H3,(H2,32,34)/b19-13+,27-24+/t21-,23+,25-,26-,29-,30-/m0/s1. The number of fused-ring (bicyclic) bond motifs is 5. The van der Waals surface area contributed by atoms with E-state index in [1.165, 1.54) is 5.57 Å². The van der Waals surface area contributed by atoms with E-state index in [1.807, 2.05) is 24.3 Å². The van der Waals surface area contributed by atoms with Crippen LogP contribution in [-0.2, 0) is 4.79 Å². The first-order chi connectivity index (χ1) is 16.7. The maximum absolute atomic E-state index is 12.4. The number of nitriles is 1. The Morgan fingerprint density at radius 2 is 1.97 bits per heavy atom. The number of hydrogen-bond acceptors (Lipinski definition) is 4. The number of benzene rings is 1. The van der Waals surface area contributed by atoms with Gasteiger partial charge in [0.1, 0.15) is 17.4 Å². The maximum atomic E-state index is 12.4. The molecule has 0 bridgehead atoms. The maximum Gasteiger partial charge on any atom is 0.259 e. The summed E-state index contributed by atoms with van der Waals surface area (Å²) in [5.41, 5.74) is 10.1. The molecule has 6 atom stereocenters. The number of rotatable bonds is 3. The van der Waals surface area contributed by atoms with Gasteiger partial charge in [-0.15, -0.1) is 0 Å². The number of amides is 1. The molecule has 3 N–H and O–H groups in total. The first kappa shape index (κ1) is 23.9. The lowest BCUT2D eigenvalue weighted by atomic mass is 9.47. The highest BCUT2D eigenvalue weighted by atomic mass is 16.5. The van der Waals surface area contributed by atoms with E-state index in [2.05, 4.69) is 32.1 Å². The molecule has 1 aromatic carbocycles. The van der Waals surface area contributed by atoms with E-state index in [0.717, 1.165) is 67.4 Å². The third-order valence-corrected chi connectivity index (χ3v) is 9.84. The fourth-order valence-electron chi connectivity index (χ4n) is 8.10. The fraction of sp³-hybridized carbons (Fsp3) is 0.533. The van der Waals surface area contributed by atoms with Gasteiger partial charge in [-0.25, -0.2) is 0 Å². The van der Waals surface area contributed by atoms with Crippen LogP contribution in [-0.4, -0.2) is 24.2 Å². The minimum absolute atomic E-state index is 0.113. The number of aliphatic hydroxyl groups is 1. The van der Waals surface area contributed by atoms with Crippen molar-refractivity contribution in [1.82, 2.24) is 0 Å². The summed E-state index contributed by atoms with van der Waals surface area (Å²) < 4.78 is 5.42. The Morgan fingerprint density at radius 1 is 1.20 bits per heavy atom. The van der Waals surface area contributed by atoms with Gasteiger partial charge in [0.2, 0.25) is 0 Å². The van der Waals surface area contributed by atoms with Crippen LogP contribution in [0, 0.1) is 39.9 Å². The molecule has 4 aliphatic carbocycles. The third kappa shape index (κ3) is 3.74. The molecule has 0 aromatic heterocycles. The van der Waals surface area contributed by atoms with Gasteiger partial charge in [0.15, 0.2) is 0 Å². The number of nitrogens with zero attached hydrogens (tertiary/aromatic N) is 1. The van der Waals surface area contributed by atoms with E-state index in [9.17, 15) is 15.2 Å². The number of allylic oxidation sites excluding steroid dienone is 3.